The van der Waals surface area contributed by atoms with E-state index in [0.29, 0.717) is 38.8 Å². The van der Waals surface area contributed by atoms with Crippen LogP contribution in [-0.4, -0.2) is 43.7 Å². The van der Waals surface area contributed by atoms with Crippen LogP contribution in [0.3, 0.4) is 0 Å². The van der Waals surface area contributed by atoms with Crippen LogP contribution in [0.5, 0.6) is 11.5 Å². The molecule has 0 amide bonds. The van der Waals surface area contributed by atoms with E-state index in [0.717, 1.165) is 11.3 Å². The van der Waals surface area contributed by atoms with Crippen LogP contribution in [0, 0.1) is 5.41 Å². The molecule has 1 fully saturated rings. The van der Waals surface area contributed by atoms with Crippen molar-refractivity contribution in [3.05, 3.63) is 130 Å². The lowest BCUT2D eigenvalue weighted by Gasteiger charge is -2.37. The van der Waals surface area contributed by atoms with Crippen molar-refractivity contribution in [2.75, 3.05) is 19.1 Å². The zero-order chi connectivity index (χ0) is 29.2. The number of hydrogen-bond acceptors (Lipinski definition) is 6. The smallest absolute Gasteiger partial charge is 0.185 e. The summed E-state index contributed by atoms with van der Waals surface area (Å²) in [5, 5.41) is 0.545. The van der Waals surface area contributed by atoms with Crippen LogP contribution < -0.4 is 14.4 Å². The van der Waals surface area contributed by atoms with E-state index in [1.54, 1.807) is 74.9 Å². The second-order valence-corrected chi connectivity index (χ2v) is 11.2. The van der Waals surface area contributed by atoms with Crippen molar-refractivity contribution in [2.24, 2.45) is 5.41 Å². The van der Waals surface area contributed by atoms with Gasteiger partial charge in [0.25, 0.3) is 0 Å². The lowest BCUT2D eigenvalue weighted by Crippen LogP contribution is -2.48. The van der Waals surface area contributed by atoms with Gasteiger partial charge < -0.3 is 14.4 Å². The van der Waals surface area contributed by atoms with Gasteiger partial charge in [0.05, 0.1) is 20.3 Å². The normalized spacial score (nSPS) is 21.2. The molecule has 3 atom stereocenters. The minimum atomic E-state index is -1.65. The number of fused-ring (bicyclic) bond motifs is 5. The zero-order valence-corrected chi connectivity index (χ0v) is 23.7. The van der Waals surface area contributed by atoms with Gasteiger partial charge in [0.2, 0.25) is 0 Å². The molecule has 2 heterocycles. The Balaban J connectivity index is 1.59. The third-order valence-electron chi connectivity index (χ3n) is 8.86. The summed E-state index contributed by atoms with van der Waals surface area (Å²) in [6.07, 6.45) is 3.77. The molecular weight excluding hydrogens is 550 g/mol. The molecule has 0 saturated carbocycles. The summed E-state index contributed by atoms with van der Waals surface area (Å²) in [7, 11) is 3.09. The highest BCUT2D eigenvalue weighted by Gasteiger charge is 2.72. The second kappa shape index (κ2) is 9.71. The fraction of sp³-hybridized carbons (Fsp3) is 0.171. The van der Waals surface area contributed by atoms with Crippen molar-refractivity contribution in [2.45, 2.75) is 18.0 Å². The fourth-order valence-electron chi connectivity index (χ4n) is 7.15. The summed E-state index contributed by atoms with van der Waals surface area (Å²) >= 11 is 6.38. The van der Waals surface area contributed by atoms with Gasteiger partial charge in [-0.15, -0.1) is 0 Å². The number of ether oxygens (including phenoxy) is 2. The van der Waals surface area contributed by atoms with E-state index in [1.165, 1.54) is 0 Å². The Hall–Kier alpha value is -4.68. The average molecular weight is 576 g/mol. The minimum Gasteiger partial charge on any atom is -0.497 e. The van der Waals surface area contributed by atoms with Crippen LogP contribution in [0.15, 0.2) is 97.1 Å². The van der Waals surface area contributed by atoms with Gasteiger partial charge in [-0.2, -0.15) is 0 Å². The summed E-state index contributed by atoms with van der Waals surface area (Å²) in [5.74, 6) is -0.756. The van der Waals surface area contributed by atoms with E-state index >= 15 is 0 Å². The number of Topliss-reactive ketones (excluding diaryl/α,β-unsaturated/α-hetero) is 3. The highest BCUT2D eigenvalue weighted by molar-refractivity contribution is 6.33. The van der Waals surface area contributed by atoms with E-state index in [4.69, 9.17) is 21.1 Å². The van der Waals surface area contributed by atoms with Gasteiger partial charge in [-0.25, -0.2) is 0 Å². The van der Waals surface area contributed by atoms with E-state index in [1.807, 2.05) is 47.4 Å². The Morgan fingerprint density at radius 3 is 2.19 bits per heavy atom. The molecule has 1 saturated heterocycles. The molecule has 0 N–H and O–H groups in total. The molecule has 4 aromatic carbocycles. The Kier molecular flexibility index (Phi) is 6.06. The van der Waals surface area contributed by atoms with Crippen molar-refractivity contribution < 1.29 is 23.9 Å². The van der Waals surface area contributed by atoms with Crippen LogP contribution in [0.1, 0.15) is 48.1 Å². The zero-order valence-electron chi connectivity index (χ0n) is 22.9. The van der Waals surface area contributed by atoms with Gasteiger partial charge in [-0.1, -0.05) is 78.4 Å². The first-order valence-corrected chi connectivity index (χ1v) is 14.1. The number of anilines is 1. The molecule has 2 aliphatic heterocycles. The Morgan fingerprint density at radius 2 is 1.52 bits per heavy atom. The molecule has 6 nitrogen and oxygen atoms in total. The van der Waals surface area contributed by atoms with Gasteiger partial charge in [0, 0.05) is 38.9 Å². The maximum absolute atomic E-state index is 14.8. The Morgan fingerprint density at radius 1 is 0.833 bits per heavy atom. The summed E-state index contributed by atoms with van der Waals surface area (Å²) in [6.45, 7) is 0. The maximum atomic E-state index is 14.8. The number of benzene rings is 4. The Labute approximate surface area is 248 Å². The predicted octanol–water partition coefficient (Wildman–Crippen LogP) is 6.67. The number of methoxy groups -OCH3 is 2. The second-order valence-electron chi connectivity index (χ2n) is 10.7. The van der Waals surface area contributed by atoms with Crippen molar-refractivity contribution in [1.82, 2.24) is 0 Å². The first-order valence-electron chi connectivity index (χ1n) is 13.7. The average Bonchev–Trinajstić information content (AvgIpc) is 3.46. The monoisotopic (exact) mass is 575 g/mol. The molecule has 0 aromatic heterocycles. The van der Waals surface area contributed by atoms with Crippen molar-refractivity contribution in [3.63, 3.8) is 0 Å². The molecule has 1 aliphatic carbocycles. The lowest BCUT2D eigenvalue weighted by atomic mass is 9.64. The first-order chi connectivity index (χ1) is 20.4. The SMILES string of the molecule is COc1ccc(OC)c([C@@H]2[C@@H](C(=O)c3ccccc3)N3c4ccc(Cl)cc4C=C[C@H]3C23C(=O)c2ccccc2C3=O)c1. The molecule has 3 aliphatic rings. The quantitative estimate of drug-likeness (QED) is 0.195. The third kappa shape index (κ3) is 3.48. The van der Waals surface area contributed by atoms with E-state index in [9.17, 15) is 14.4 Å². The molecule has 0 unspecified atom stereocenters. The van der Waals surface area contributed by atoms with Gasteiger partial charge >= 0.3 is 0 Å². The summed E-state index contributed by atoms with van der Waals surface area (Å²) < 4.78 is 11.4. The topological polar surface area (TPSA) is 72.9 Å². The lowest BCUT2D eigenvalue weighted by molar-refractivity contribution is 0.0664. The predicted molar refractivity (Wildman–Crippen MR) is 161 cm³/mol. The number of halogens is 1. The van der Waals surface area contributed by atoms with Gasteiger partial charge in [-0.3, -0.25) is 14.4 Å². The van der Waals surface area contributed by atoms with E-state index in [-0.39, 0.29) is 17.3 Å². The molecule has 42 heavy (non-hydrogen) atoms. The number of carbonyl (C=O) groups is 3. The largest absolute Gasteiger partial charge is 0.497 e. The van der Waals surface area contributed by atoms with Crippen molar-refractivity contribution >= 4 is 40.7 Å². The summed E-state index contributed by atoms with van der Waals surface area (Å²) in [5.41, 5.74) is 1.63. The van der Waals surface area contributed by atoms with Gasteiger partial charge in [0.1, 0.15) is 23.0 Å². The van der Waals surface area contributed by atoms with Crippen LogP contribution >= 0.6 is 11.6 Å². The molecule has 7 rings (SSSR count). The number of hydrogen-bond donors (Lipinski definition) is 0. The molecule has 1 spiro atoms. The van der Waals surface area contributed by atoms with E-state index < -0.39 is 23.4 Å². The van der Waals surface area contributed by atoms with Crippen LogP contribution in [0.25, 0.3) is 6.08 Å². The maximum Gasteiger partial charge on any atom is 0.185 e. The molecule has 0 radical (unpaired) electrons. The van der Waals surface area contributed by atoms with Gasteiger partial charge in [0.15, 0.2) is 17.3 Å². The molecular formula is C35H26ClNO5. The summed E-state index contributed by atoms with van der Waals surface area (Å²) in [6, 6.07) is 25.0. The Bertz CT molecular complexity index is 1780. The highest BCUT2D eigenvalue weighted by atomic mass is 35.5. The molecule has 7 heteroatoms. The number of carbonyl (C=O) groups excluding carboxylic acids is 3. The summed E-state index contributed by atoms with van der Waals surface area (Å²) in [4.78, 5) is 46.3. The fourth-order valence-corrected chi connectivity index (χ4v) is 7.33. The van der Waals surface area contributed by atoms with Gasteiger partial charge in [-0.05, 0) is 42.0 Å². The van der Waals surface area contributed by atoms with Crippen molar-refractivity contribution in [3.8, 4) is 11.5 Å². The standard InChI is InChI=1S/C35H26ClNO5/c1-41-23-14-16-28(42-2)26(19-23)30-31(32(38)20-8-4-3-5-9-20)37-27-15-13-22(36)18-21(27)12-17-29(37)35(30)33(39)24-10-6-7-11-25(24)34(35)40/h3-19,29-31H,1-2H3/t29-,30+,31-/m0/s1. The first kappa shape index (κ1) is 26.2. The molecule has 4 aromatic rings. The highest BCUT2D eigenvalue weighted by Crippen LogP contribution is 2.62. The third-order valence-corrected chi connectivity index (χ3v) is 9.10. The van der Waals surface area contributed by atoms with E-state index in [2.05, 4.69) is 0 Å². The minimum absolute atomic E-state index is 0.208. The van der Waals surface area contributed by atoms with Crippen molar-refractivity contribution in [1.29, 1.82) is 0 Å². The molecule has 208 valence electrons. The van der Waals surface area contributed by atoms with Crippen LogP contribution in [-0.2, 0) is 0 Å². The van der Waals surface area contributed by atoms with Crippen LogP contribution in [0.4, 0.5) is 5.69 Å². The number of ketones is 3. The number of rotatable bonds is 5. The molecule has 0 bridgehead atoms. The van der Waals surface area contributed by atoms with Crippen LogP contribution in [0.2, 0.25) is 5.02 Å². The number of nitrogens with zero attached hydrogens (tertiary/aromatic N) is 1.